The molecule has 2 rings (SSSR count). The first kappa shape index (κ1) is 19.5. The number of hydrogen-bond acceptors (Lipinski definition) is 4. The van der Waals surface area contributed by atoms with E-state index in [0.717, 1.165) is 41.0 Å². The van der Waals surface area contributed by atoms with Crippen molar-refractivity contribution in [2.45, 2.75) is 33.6 Å². The van der Waals surface area contributed by atoms with Crippen LogP contribution in [0.4, 0.5) is 5.69 Å². The molecule has 0 unspecified atom stereocenters. The molecule has 5 nitrogen and oxygen atoms in total. The maximum absolute atomic E-state index is 12.2. The van der Waals surface area contributed by atoms with E-state index in [1.165, 1.54) is 0 Å². The molecule has 0 aliphatic heterocycles. The van der Waals surface area contributed by atoms with Crippen LogP contribution in [0, 0.1) is 0 Å². The van der Waals surface area contributed by atoms with Gasteiger partial charge < -0.3 is 14.9 Å². The summed E-state index contributed by atoms with van der Waals surface area (Å²) in [5.41, 5.74) is 4.01. The van der Waals surface area contributed by atoms with E-state index < -0.39 is 0 Å². The first-order valence-electron chi connectivity index (χ1n) is 8.96. The topological polar surface area (TPSA) is 59.9 Å². The van der Waals surface area contributed by atoms with Gasteiger partial charge in [-0.1, -0.05) is 37.2 Å². The minimum absolute atomic E-state index is 0.130. The molecule has 26 heavy (non-hydrogen) atoms. The zero-order valence-electron chi connectivity index (χ0n) is 15.6. The molecule has 138 valence electrons. The summed E-state index contributed by atoms with van der Waals surface area (Å²) < 4.78 is 5.38. The van der Waals surface area contributed by atoms with E-state index in [1.807, 2.05) is 49.4 Å². The summed E-state index contributed by atoms with van der Waals surface area (Å²) in [6.45, 7) is 6.59. The monoisotopic (exact) mass is 354 g/mol. The summed E-state index contributed by atoms with van der Waals surface area (Å²) >= 11 is 0. The minimum atomic E-state index is -0.218. The molecule has 2 aromatic rings. The number of carbonyl (C=O) groups excluding carboxylic acids is 1. The van der Waals surface area contributed by atoms with Gasteiger partial charge in [-0.15, -0.1) is 0 Å². The Kier molecular flexibility index (Phi) is 7.68. The van der Waals surface area contributed by atoms with Gasteiger partial charge >= 0.3 is 0 Å². The highest BCUT2D eigenvalue weighted by atomic mass is 16.6. The van der Waals surface area contributed by atoms with Crippen LogP contribution in [0.15, 0.2) is 47.6 Å². The lowest BCUT2D eigenvalue weighted by atomic mass is 10.0. The molecule has 0 aliphatic rings. The number of nitrogens with one attached hydrogen (secondary N) is 1. The van der Waals surface area contributed by atoms with E-state index in [1.54, 1.807) is 6.21 Å². The van der Waals surface area contributed by atoms with Crippen molar-refractivity contribution < 1.29 is 14.4 Å². The molecule has 0 spiro atoms. The van der Waals surface area contributed by atoms with Gasteiger partial charge in [0.15, 0.2) is 6.61 Å². The molecule has 5 heteroatoms. The lowest BCUT2D eigenvalue weighted by molar-refractivity contribution is -0.120. The fourth-order valence-electron chi connectivity index (χ4n) is 2.59. The lowest BCUT2D eigenvalue weighted by Gasteiger charge is -2.13. The quantitative estimate of drug-likeness (QED) is 0.542. The Hall–Kier alpha value is -2.82. The van der Waals surface area contributed by atoms with Crippen molar-refractivity contribution in [3.8, 4) is 5.75 Å². The predicted octanol–water partition coefficient (Wildman–Crippen LogP) is 4.20. The highest BCUT2D eigenvalue weighted by Gasteiger charge is 2.10. The summed E-state index contributed by atoms with van der Waals surface area (Å²) in [4.78, 5) is 17.3. The van der Waals surface area contributed by atoms with Crippen LogP contribution >= 0.6 is 0 Å². The highest BCUT2D eigenvalue weighted by molar-refractivity contribution is 5.93. The van der Waals surface area contributed by atoms with Crippen LogP contribution in [0.1, 0.15) is 37.5 Å². The number of benzene rings is 2. The predicted molar refractivity (Wildman–Crippen MR) is 105 cm³/mol. The molecule has 0 bridgehead atoms. The van der Waals surface area contributed by atoms with E-state index in [9.17, 15) is 4.79 Å². The van der Waals surface area contributed by atoms with E-state index in [4.69, 9.17) is 9.57 Å². The van der Waals surface area contributed by atoms with Gasteiger partial charge in [-0.2, -0.15) is 0 Å². The van der Waals surface area contributed by atoms with Crippen molar-refractivity contribution in [1.82, 2.24) is 0 Å². The molecule has 0 radical (unpaired) electrons. The van der Waals surface area contributed by atoms with Crippen molar-refractivity contribution in [2.24, 2.45) is 5.16 Å². The Morgan fingerprint density at radius 3 is 2.27 bits per heavy atom. The fraction of sp³-hybridized carbons (Fsp3) is 0.333. The van der Waals surface area contributed by atoms with Crippen molar-refractivity contribution in [3.05, 3.63) is 59.2 Å². The molecular weight excluding hydrogens is 328 g/mol. The van der Waals surface area contributed by atoms with Crippen LogP contribution in [-0.4, -0.2) is 25.3 Å². The maximum atomic E-state index is 12.2. The number of para-hydroxylation sites is 1. The molecule has 1 N–H and O–H groups in total. The van der Waals surface area contributed by atoms with Gasteiger partial charge in [-0.3, -0.25) is 4.79 Å². The number of amides is 1. The maximum Gasteiger partial charge on any atom is 0.265 e. The molecule has 0 saturated carbocycles. The second-order valence-electron chi connectivity index (χ2n) is 5.72. The third kappa shape index (κ3) is 5.62. The molecule has 0 aromatic heterocycles. The largest absolute Gasteiger partial charge is 0.494 e. The third-order valence-electron chi connectivity index (χ3n) is 3.93. The zero-order valence-corrected chi connectivity index (χ0v) is 15.6. The molecule has 1 amide bonds. The summed E-state index contributed by atoms with van der Waals surface area (Å²) in [7, 11) is 0. The molecular formula is C21H26N2O3. The second-order valence-corrected chi connectivity index (χ2v) is 5.72. The number of oxime groups is 1. The van der Waals surface area contributed by atoms with E-state index in [-0.39, 0.29) is 12.5 Å². The van der Waals surface area contributed by atoms with Crippen LogP contribution in [-0.2, 0) is 22.5 Å². The number of ether oxygens (including phenoxy) is 1. The van der Waals surface area contributed by atoms with Gasteiger partial charge in [0, 0.05) is 5.69 Å². The zero-order chi connectivity index (χ0) is 18.8. The Balaban J connectivity index is 1.87. The molecule has 0 atom stereocenters. The third-order valence-corrected chi connectivity index (χ3v) is 3.93. The van der Waals surface area contributed by atoms with Crippen molar-refractivity contribution in [1.29, 1.82) is 0 Å². The Morgan fingerprint density at radius 1 is 1.04 bits per heavy atom. The molecule has 0 saturated heterocycles. The first-order valence-corrected chi connectivity index (χ1v) is 8.96. The van der Waals surface area contributed by atoms with Crippen molar-refractivity contribution in [2.75, 3.05) is 18.5 Å². The van der Waals surface area contributed by atoms with Crippen molar-refractivity contribution >= 4 is 17.8 Å². The summed E-state index contributed by atoms with van der Waals surface area (Å²) in [6, 6.07) is 13.6. The Bertz CT molecular complexity index is 717. The smallest absolute Gasteiger partial charge is 0.265 e. The van der Waals surface area contributed by atoms with Gasteiger partial charge in [-0.05, 0) is 60.7 Å². The van der Waals surface area contributed by atoms with Crippen LogP contribution in [0.3, 0.4) is 0 Å². The van der Waals surface area contributed by atoms with Gasteiger partial charge in [0.1, 0.15) is 5.75 Å². The van der Waals surface area contributed by atoms with Crippen molar-refractivity contribution in [3.63, 3.8) is 0 Å². The van der Waals surface area contributed by atoms with Gasteiger partial charge in [-0.25, -0.2) is 0 Å². The molecule has 0 heterocycles. The Morgan fingerprint density at radius 2 is 1.69 bits per heavy atom. The normalized spacial score (nSPS) is 10.7. The number of carbonyl (C=O) groups is 1. The average Bonchev–Trinajstić information content (AvgIpc) is 2.67. The van der Waals surface area contributed by atoms with Gasteiger partial charge in [0.25, 0.3) is 5.91 Å². The summed E-state index contributed by atoms with van der Waals surface area (Å²) in [6.07, 6.45) is 3.29. The van der Waals surface area contributed by atoms with Gasteiger partial charge in [0.2, 0.25) is 0 Å². The SMILES string of the molecule is CCOc1ccc(/C=N\OCC(=O)Nc2c(CC)cccc2CC)cc1. The van der Waals surface area contributed by atoms with Crippen LogP contribution in [0.2, 0.25) is 0 Å². The van der Waals surface area contributed by atoms with Crippen LogP contribution < -0.4 is 10.1 Å². The molecule has 0 fully saturated rings. The number of hydrogen-bond donors (Lipinski definition) is 1. The second kappa shape index (κ2) is 10.2. The first-order chi connectivity index (χ1) is 12.7. The van der Waals surface area contributed by atoms with E-state index in [2.05, 4.69) is 24.3 Å². The number of rotatable bonds is 9. The summed E-state index contributed by atoms with van der Waals surface area (Å²) in [5, 5.41) is 6.80. The molecule has 0 aliphatic carbocycles. The number of anilines is 1. The lowest BCUT2D eigenvalue weighted by Crippen LogP contribution is -2.19. The van der Waals surface area contributed by atoms with Crippen LogP contribution in [0.5, 0.6) is 5.75 Å². The summed E-state index contributed by atoms with van der Waals surface area (Å²) in [5.74, 6) is 0.593. The molecule has 2 aromatic carbocycles. The van der Waals surface area contributed by atoms with E-state index >= 15 is 0 Å². The standard InChI is InChI=1S/C21H26N2O3/c1-4-17-8-7-9-18(5-2)21(17)23-20(24)15-26-22-14-16-10-12-19(13-11-16)25-6-3/h7-14H,4-6,15H2,1-3H3,(H,23,24)/b22-14-. The number of aryl methyl sites for hydroxylation is 2. The minimum Gasteiger partial charge on any atom is -0.494 e. The number of nitrogens with zero attached hydrogens (tertiary/aromatic N) is 1. The highest BCUT2D eigenvalue weighted by Crippen LogP contribution is 2.22. The van der Waals surface area contributed by atoms with E-state index in [0.29, 0.717) is 6.61 Å². The fourth-order valence-corrected chi connectivity index (χ4v) is 2.59. The van der Waals surface area contributed by atoms with Crippen LogP contribution in [0.25, 0.3) is 0 Å². The average molecular weight is 354 g/mol. The Labute approximate surface area is 155 Å². The van der Waals surface area contributed by atoms with Gasteiger partial charge in [0.05, 0.1) is 12.8 Å².